The molecule has 0 unspecified atom stereocenters. The first-order chi connectivity index (χ1) is 15.4. The number of hydrogen-bond donors (Lipinski definition) is 1. The predicted molar refractivity (Wildman–Crippen MR) is 123 cm³/mol. The average molecular weight is 434 g/mol. The summed E-state index contributed by atoms with van der Waals surface area (Å²) in [4.78, 5) is 28.8. The molecule has 7 heteroatoms. The summed E-state index contributed by atoms with van der Waals surface area (Å²) in [5.41, 5.74) is 2.17. The molecule has 0 amide bonds. The van der Waals surface area contributed by atoms with Crippen LogP contribution < -0.4 is 15.0 Å². The smallest absolute Gasteiger partial charge is 0.335 e. The van der Waals surface area contributed by atoms with E-state index in [1.165, 1.54) is 18.2 Å². The number of fused-ring (bicyclic) bond motifs is 2. The maximum absolute atomic E-state index is 12.9. The number of rotatable bonds is 7. The van der Waals surface area contributed by atoms with Gasteiger partial charge in [0.2, 0.25) is 0 Å². The zero-order valence-corrected chi connectivity index (χ0v) is 18.4. The average Bonchev–Trinajstić information content (AvgIpc) is 3.16. The van der Waals surface area contributed by atoms with Crippen LogP contribution in [0.1, 0.15) is 48.4 Å². The molecule has 0 aliphatic carbocycles. The van der Waals surface area contributed by atoms with Crippen molar-refractivity contribution in [1.82, 2.24) is 9.55 Å². The minimum Gasteiger partial charge on any atom is -0.493 e. The van der Waals surface area contributed by atoms with Crippen LogP contribution in [0.4, 0.5) is 0 Å². The van der Waals surface area contributed by atoms with Gasteiger partial charge >= 0.3 is 5.97 Å². The second-order valence-electron chi connectivity index (χ2n) is 8.29. The van der Waals surface area contributed by atoms with Crippen molar-refractivity contribution in [1.29, 1.82) is 0 Å². The summed E-state index contributed by atoms with van der Waals surface area (Å²) >= 11 is 0. The summed E-state index contributed by atoms with van der Waals surface area (Å²) in [5.74, 6) is 1.43. The number of ether oxygens (including phenoxy) is 2. The molecule has 0 atom stereocenters. The van der Waals surface area contributed by atoms with E-state index in [1.54, 1.807) is 11.7 Å². The third-order valence-electron chi connectivity index (χ3n) is 5.58. The summed E-state index contributed by atoms with van der Waals surface area (Å²) < 4.78 is 13.0. The Morgan fingerprint density at radius 3 is 2.75 bits per heavy atom. The van der Waals surface area contributed by atoms with Gasteiger partial charge in [-0.3, -0.25) is 9.36 Å². The highest BCUT2D eigenvalue weighted by atomic mass is 16.5. The molecule has 0 fully saturated rings. The van der Waals surface area contributed by atoms with Crippen molar-refractivity contribution >= 4 is 28.5 Å². The van der Waals surface area contributed by atoms with Gasteiger partial charge in [-0.1, -0.05) is 19.9 Å². The number of carboxylic acid groups (broad SMARTS) is 1. The molecule has 1 aromatic heterocycles. The van der Waals surface area contributed by atoms with Crippen LogP contribution in [-0.2, 0) is 6.54 Å². The van der Waals surface area contributed by atoms with Crippen molar-refractivity contribution in [2.45, 2.75) is 33.2 Å². The van der Waals surface area contributed by atoms with Gasteiger partial charge in [-0.2, -0.15) is 0 Å². The first-order valence-corrected chi connectivity index (χ1v) is 10.7. The number of benzene rings is 2. The summed E-state index contributed by atoms with van der Waals surface area (Å²) in [5, 5.41) is 9.68. The van der Waals surface area contributed by atoms with Crippen molar-refractivity contribution in [3.8, 4) is 11.5 Å². The van der Waals surface area contributed by atoms with Crippen molar-refractivity contribution < 1.29 is 19.4 Å². The van der Waals surface area contributed by atoms with Gasteiger partial charge in [0.1, 0.15) is 5.82 Å². The molecule has 0 saturated heterocycles. The van der Waals surface area contributed by atoms with E-state index in [-0.39, 0.29) is 11.1 Å². The zero-order chi connectivity index (χ0) is 22.8. The number of aromatic carboxylic acids is 1. The molecule has 1 aliphatic rings. The lowest BCUT2D eigenvalue weighted by Gasteiger charge is -2.12. The van der Waals surface area contributed by atoms with E-state index >= 15 is 0 Å². The van der Waals surface area contributed by atoms with Gasteiger partial charge in [-0.15, -0.1) is 0 Å². The fourth-order valence-electron chi connectivity index (χ4n) is 3.79. The van der Waals surface area contributed by atoms with Crippen LogP contribution in [0.25, 0.3) is 22.6 Å². The molecule has 7 nitrogen and oxygen atoms in total. The van der Waals surface area contributed by atoms with Gasteiger partial charge in [0.15, 0.2) is 11.5 Å². The molecule has 3 aromatic rings. The Hall–Kier alpha value is -3.61. The van der Waals surface area contributed by atoms with Gasteiger partial charge in [0.05, 0.1) is 30.2 Å². The predicted octanol–water partition coefficient (Wildman–Crippen LogP) is 4.47. The van der Waals surface area contributed by atoms with Crippen LogP contribution >= 0.6 is 0 Å². The van der Waals surface area contributed by atoms with Crippen LogP contribution in [0.3, 0.4) is 0 Å². The zero-order valence-electron chi connectivity index (χ0n) is 18.4. The summed E-state index contributed by atoms with van der Waals surface area (Å²) in [6.45, 7) is 5.47. The highest BCUT2D eigenvalue weighted by Gasteiger charge is 2.21. The lowest BCUT2D eigenvalue weighted by Crippen LogP contribution is -2.21. The number of aromatic nitrogens is 2. The minimum absolute atomic E-state index is 0.107. The molecule has 0 bridgehead atoms. The molecular weight excluding hydrogens is 408 g/mol. The quantitative estimate of drug-likeness (QED) is 0.590. The fourth-order valence-corrected chi connectivity index (χ4v) is 3.79. The Balaban J connectivity index is 1.69. The van der Waals surface area contributed by atoms with Crippen molar-refractivity contribution in [3.63, 3.8) is 0 Å². The highest BCUT2D eigenvalue weighted by molar-refractivity contribution is 5.93. The topological polar surface area (TPSA) is 90.7 Å². The Morgan fingerprint density at radius 1 is 1.22 bits per heavy atom. The molecule has 0 spiro atoms. The second kappa shape index (κ2) is 8.86. The molecule has 1 aliphatic heterocycles. The maximum Gasteiger partial charge on any atom is 0.335 e. The largest absolute Gasteiger partial charge is 0.493 e. The Bertz CT molecular complexity index is 1270. The molecule has 166 valence electrons. The van der Waals surface area contributed by atoms with Crippen LogP contribution in [-0.4, -0.2) is 34.3 Å². The van der Waals surface area contributed by atoms with E-state index in [0.717, 1.165) is 17.6 Å². The summed E-state index contributed by atoms with van der Waals surface area (Å²) in [7, 11) is 1.61. The van der Waals surface area contributed by atoms with E-state index in [4.69, 9.17) is 9.47 Å². The number of methoxy groups -OCH3 is 1. The molecule has 32 heavy (non-hydrogen) atoms. The highest BCUT2D eigenvalue weighted by Crippen LogP contribution is 2.32. The molecule has 0 radical (unpaired) electrons. The number of nitrogens with zero attached hydrogens (tertiary/aromatic N) is 2. The Morgan fingerprint density at radius 2 is 2.03 bits per heavy atom. The van der Waals surface area contributed by atoms with Crippen LogP contribution in [0.2, 0.25) is 0 Å². The van der Waals surface area contributed by atoms with Crippen LogP contribution in [0.15, 0.2) is 41.2 Å². The maximum atomic E-state index is 12.9. The Kier molecular flexibility index (Phi) is 5.99. The van der Waals surface area contributed by atoms with Crippen molar-refractivity contribution in [3.05, 3.63) is 63.7 Å². The monoisotopic (exact) mass is 434 g/mol. The lowest BCUT2D eigenvalue weighted by molar-refractivity contribution is 0.0697. The third-order valence-corrected chi connectivity index (χ3v) is 5.58. The van der Waals surface area contributed by atoms with Gasteiger partial charge in [0.25, 0.3) is 5.56 Å². The minimum atomic E-state index is -1.05. The molecule has 1 N–H and O–H groups in total. The van der Waals surface area contributed by atoms with E-state index in [0.29, 0.717) is 53.7 Å². The number of allylic oxidation sites excluding steroid dienone is 1. The standard InChI is InChI=1S/C25H26N2O5/c1-15(2)9-11-32-21-7-4-16(13-22(21)31-3)12-17-8-10-27-23(17)26-20-14-18(25(29)30)5-6-19(20)24(27)28/h4-7,12-15H,8-11H2,1-3H3,(H,29,30)/b17-12-. The second-order valence-corrected chi connectivity index (χ2v) is 8.29. The summed E-state index contributed by atoms with van der Waals surface area (Å²) in [6.07, 6.45) is 3.61. The molecular formula is C25H26N2O5. The normalized spacial score (nSPS) is 14.2. The number of carboxylic acids is 1. The molecule has 2 aromatic carbocycles. The SMILES string of the molecule is COc1cc(/C=C2/CCn3c2nc2cc(C(=O)O)ccc2c3=O)ccc1OCCC(C)C. The first kappa shape index (κ1) is 21.6. The van der Waals surface area contributed by atoms with E-state index in [9.17, 15) is 14.7 Å². The molecule has 4 rings (SSSR count). The molecule has 2 heterocycles. The van der Waals surface area contributed by atoms with E-state index < -0.39 is 5.97 Å². The van der Waals surface area contributed by atoms with Gasteiger partial charge in [0, 0.05) is 6.54 Å². The van der Waals surface area contributed by atoms with Crippen molar-refractivity contribution in [2.75, 3.05) is 13.7 Å². The van der Waals surface area contributed by atoms with Gasteiger partial charge in [-0.25, -0.2) is 9.78 Å². The van der Waals surface area contributed by atoms with Crippen LogP contribution in [0, 0.1) is 5.92 Å². The van der Waals surface area contributed by atoms with Crippen molar-refractivity contribution in [2.24, 2.45) is 5.92 Å². The number of hydrogen-bond acceptors (Lipinski definition) is 5. The van der Waals surface area contributed by atoms with Gasteiger partial charge in [-0.05, 0) is 66.3 Å². The lowest BCUT2D eigenvalue weighted by atomic mass is 10.1. The van der Waals surface area contributed by atoms with Crippen LogP contribution in [0.5, 0.6) is 11.5 Å². The van der Waals surface area contributed by atoms with Gasteiger partial charge < -0.3 is 14.6 Å². The molecule has 0 saturated carbocycles. The Labute approximate surface area is 185 Å². The van der Waals surface area contributed by atoms with E-state index in [2.05, 4.69) is 18.8 Å². The first-order valence-electron chi connectivity index (χ1n) is 10.7. The fraction of sp³-hybridized carbons (Fsp3) is 0.320. The number of carbonyl (C=O) groups is 1. The van der Waals surface area contributed by atoms with E-state index in [1.807, 2.05) is 24.3 Å². The third kappa shape index (κ3) is 4.23. The summed E-state index contributed by atoms with van der Waals surface area (Å²) in [6, 6.07) is 10.2.